The van der Waals surface area contributed by atoms with Gasteiger partial charge in [0.2, 0.25) is 0 Å². The highest BCUT2D eigenvalue weighted by Crippen LogP contribution is 2.15. The normalized spacial score (nSPS) is 10.2. The first-order valence-electron chi connectivity index (χ1n) is 4.10. The highest BCUT2D eigenvalue weighted by atomic mass is 16.1. The Morgan fingerprint density at radius 2 is 2.00 bits per heavy atom. The lowest BCUT2D eigenvalue weighted by Crippen LogP contribution is -1.93. The quantitative estimate of drug-likeness (QED) is 0.678. The minimum atomic E-state index is -0.100. The lowest BCUT2D eigenvalue weighted by atomic mass is 10.1. The lowest BCUT2D eigenvalue weighted by molar-refractivity contribution is 1.06. The monoisotopic (exact) mass is 174 g/mol. The fraction of sp³-hybridized carbons (Fsp3) is 0.100. The molecular weight excluding hydrogens is 164 g/mol. The zero-order valence-electron chi connectivity index (χ0n) is 7.29. The molecule has 2 rings (SSSR count). The van der Waals surface area contributed by atoms with E-state index in [1.54, 1.807) is 6.07 Å². The van der Waals surface area contributed by atoms with Crippen molar-refractivity contribution in [2.75, 3.05) is 0 Å². The van der Waals surface area contributed by atoms with E-state index in [0.29, 0.717) is 0 Å². The number of benzene rings is 1. The van der Waals surface area contributed by atoms with Crippen LogP contribution in [0.25, 0.3) is 11.3 Å². The van der Waals surface area contributed by atoms with Crippen molar-refractivity contribution < 1.29 is 0 Å². The van der Waals surface area contributed by atoms with Crippen molar-refractivity contribution in [3.8, 4) is 11.3 Å². The largest absolute Gasteiger partial charge is 0.298 e. The van der Waals surface area contributed by atoms with Crippen molar-refractivity contribution in [3.63, 3.8) is 0 Å². The molecule has 0 saturated carbocycles. The Labute approximate surface area is 75.4 Å². The Bertz CT molecular complexity index is 468. The smallest absolute Gasteiger partial charge is 0.264 e. The molecule has 1 aromatic carbocycles. The molecule has 3 heteroatoms. The van der Waals surface area contributed by atoms with Gasteiger partial charge in [-0.2, -0.15) is 0 Å². The third-order valence-electron chi connectivity index (χ3n) is 1.92. The van der Waals surface area contributed by atoms with Gasteiger partial charge in [0.05, 0.1) is 5.69 Å². The summed E-state index contributed by atoms with van der Waals surface area (Å²) in [5.41, 5.74) is 2.93. The highest BCUT2D eigenvalue weighted by molar-refractivity contribution is 5.59. The summed E-state index contributed by atoms with van der Waals surface area (Å²) < 4.78 is 0. The van der Waals surface area contributed by atoms with Crippen molar-refractivity contribution in [3.05, 3.63) is 46.2 Å². The van der Waals surface area contributed by atoms with Crippen LogP contribution < -0.4 is 5.56 Å². The van der Waals surface area contributed by atoms with E-state index in [1.165, 1.54) is 5.56 Å². The van der Waals surface area contributed by atoms with Crippen LogP contribution in [0.5, 0.6) is 0 Å². The van der Waals surface area contributed by atoms with E-state index in [4.69, 9.17) is 0 Å². The van der Waals surface area contributed by atoms with Crippen LogP contribution in [0.3, 0.4) is 0 Å². The fourth-order valence-corrected chi connectivity index (χ4v) is 1.30. The molecule has 0 aliphatic rings. The first kappa shape index (κ1) is 7.86. The van der Waals surface area contributed by atoms with Crippen LogP contribution in [0, 0.1) is 6.92 Å². The number of hydrogen-bond acceptors (Lipinski definition) is 1. The Hall–Kier alpha value is -1.77. The molecule has 0 bridgehead atoms. The molecule has 66 valence electrons. The molecule has 0 aliphatic heterocycles. The van der Waals surface area contributed by atoms with E-state index in [2.05, 4.69) is 10.2 Å². The summed E-state index contributed by atoms with van der Waals surface area (Å²) in [6.07, 6.45) is 0. The molecule has 0 atom stereocenters. The third-order valence-corrected chi connectivity index (χ3v) is 1.92. The van der Waals surface area contributed by atoms with Crippen molar-refractivity contribution in [1.29, 1.82) is 0 Å². The van der Waals surface area contributed by atoms with E-state index in [9.17, 15) is 4.79 Å². The minimum Gasteiger partial charge on any atom is -0.298 e. The van der Waals surface area contributed by atoms with Crippen molar-refractivity contribution in [2.24, 2.45) is 0 Å². The number of H-pyrrole nitrogens is 2. The average Bonchev–Trinajstić information content (AvgIpc) is 2.52. The molecule has 3 nitrogen and oxygen atoms in total. The van der Waals surface area contributed by atoms with Crippen LogP contribution in [0.15, 0.2) is 35.1 Å². The maximum Gasteiger partial charge on any atom is 0.264 e. The zero-order chi connectivity index (χ0) is 9.26. The van der Waals surface area contributed by atoms with Gasteiger partial charge in [-0.25, -0.2) is 0 Å². The molecule has 1 aromatic heterocycles. The number of rotatable bonds is 1. The average molecular weight is 174 g/mol. The van der Waals surface area contributed by atoms with Gasteiger partial charge in [0.15, 0.2) is 0 Å². The van der Waals surface area contributed by atoms with Crippen LogP contribution in [0.4, 0.5) is 0 Å². The summed E-state index contributed by atoms with van der Waals surface area (Å²) in [6, 6.07) is 9.53. The SMILES string of the molecule is Cc1cccc(-c2cc(=O)[nH][nH]2)c1. The molecular formula is C10H10N2O. The predicted molar refractivity (Wildman–Crippen MR) is 51.6 cm³/mol. The Kier molecular flexibility index (Phi) is 1.77. The maximum atomic E-state index is 10.9. The van der Waals surface area contributed by atoms with Crippen LogP contribution in [0.1, 0.15) is 5.56 Å². The van der Waals surface area contributed by atoms with E-state index in [1.807, 2.05) is 31.2 Å². The van der Waals surface area contributed by atoms with Gasteiger partial charge < -0.3 is 0 Å². The molecule has 1 heterocycles. The molecule has 0 radical (unpaired) electrons. The number of aromatic nitrogens is 2. The summed E-state index contributed by atoms with van der Waals surface area (Å²) in [5, 5.41) is 5.32. The minimum absolute atomic E-state index is 0.100. The number of nitrogens with one attached hydrogen (secondary N) is 2. The topological polar surface area (TPSA) is 48.6 Å². The summed E-state index contributed by atoms with van der Waals surface area (Å²) in [6.45, 7) is 2.02. The second-order valence-corrected chi connectivity index (χ2v) is 3.04. The van der Waals surface area contributed by atoms with Gasteiger partial charge in [-0.05, 0) is 18.6 Å². The number of hydrogen-bond donors (Lipinski definition) is 2. The molecule has 0 spiro atoms. The van der Waals surface area contributed by atoms with Gasteiger partial charge in [0.25, 0.3) is 5.56 Å². The lowest BCUT2D eigenvalue weighted by Gasteiger charge is -1.97. The molecule has 0 saturated heterocycles. The molecule has 0 amide bonds. The number of aryl methyl sites for hydroxylation is 1. The summed E-state index contributed by atoms with van der Waals surface area (Å²) in [7, 11) is 0. The fourth-order valence-electron chi connectivity index (χ4n) is 1.30. The van der Waals surface area contributed by atoms with Gasteiger partial charge in [-0.3, -0.25) is 15.0 Å². The second kappa shape index (κ2) is 2.94. The molecule has 0 aliphatic carbocycles. The van der Waals surface area contributed by atoms with E-state index < -0.39 is 0 Å². The predicted octanol–water partition coefficient (Wildman–Crippen LogP) is 1.68. The van der Waals surface area contributed by atoms with Crippen molar-refractivity contribution in [1.82, 2.24) is 10.2 Å². The van der Waals surface area contributed by atoms with Crippen molar-refractivity contribution >= 4 is 0 Å². The van der Waals surface area contributed by atoms with E-state index >= 15 is 0 Å². The molecule has 13 heavy (non-hydrogen) atoms. The van der Waals surface area contributed by atoms with Crippen LogP contribution in [-0.4, -0.2) is 10.2 Å². The first-order chi connectivity index (χ1) is 6.25. The van der Waals surface area contributed by atoms with Gasteiger partial charge in [0.1, 0.15) is 0 Å². The highest BCUT2D eigenvalue weighted by Gasteiger charge is 1.99. The van der Waals surface area contributed by atoms with Crippen LogP contribution in [0.2, 0.25) is 0 Å². The van der Waals surface area contributed by atoms with Gasteiger partial charge in [-0.15, -0.1) is 0 Å². The Morgan fingerprint density at radius 1 is 1.15 bits per heavy atom. The summed E-state index contributed by atoms with van der Waals surface area (Å²) in [5.74, 6) is 0. The molecule has 2 aromatic rings. The molecule has 0 fully saturated rings. The Morgan fingerprint density at radius 3 is 2.62 bits per heavy atom. The zero-order valence-corrected chi connectivity index (χ0v) is 7.29. The second-order valence-electron chi connectivity index (χ2n) is 3.04. The van der Waals surface area contributed by atoms with E-state index in [0.717, 1.165) is 11.3 Å². The third kappa shape index (κ3) is 1.54. The van der Waals surface area contributed by atoms with Crippen LogP contribution >= 0.6 is 0 Å². The Balaban J connectivity index is 2.52. The summed E-state index contributed by atoms with van der Waals surface area (Å²) in [4.78, 5) is 10.9. The first-order valence-corrected chi connectivity index (χ1v) is 4.10. The van der Waals surface area contributed by atoms with Crippen molar-refractivity contribution in [2.45, 2.75) is 6.92 Å². The van der Waals surface area contributed by atoms with Gasteiger partial charge in [-0.1, -0.05) is 23.8 Å². The van der Waals surface area contributed by atoms with Gasteiger partial charge >= 0.3 is 0 Å². The maximum absolute atomic E-state index is 10.9. The molecule has 0 unspecified atom stereocenters. The van der Waals surface area contributed by atoms with Gasteiger partial charge in [0, 0.05) is 6.07 Å². The number of aromatic amines is 2. The van der Waals surface area contributed by atoms with E-state index in [-0.39, 0.29) is 5.56 Å². The standard InChI is InChI=1S/C10H10N2O/c1-7-3-2-4-8(5-7)9-6-10(13)12-11-9/h2-6H,1H3,(H2,11,12,13). The summed E-state index contributed by atoms with van der Waals surface area (Å²) >= 11 is 0. The van der Waals surface area contributed by atoms with Crippen LogP contribution in [-0.2, 0) is 0 Å². The molecule has 2 N–H and O–H groups in total.